The fourth-order valence-corrected chi connectivity index (χ4v) is 4.17. The van der Waals surface area contributed by atoms with Crippen molar-refractivity contribution in [1.82, 2.24) is 10.2 Å². The minimum atomic E-state index is -0.776. The van der Waals surface area contributed by atoms with E-state index in [4.69, 9.17) is 14.2 Å². The lowest BCUT2D eigenvalue weighted by Gasteiger charge is -2.46. The molecule has 0 saturated carbocycles. The summed E-state index contributed by atoms with van der Waals surface area (Å²) in [4.78, 5) is 43.9. The first-order chi connectivity index (χ1) is 15.5. The van der Waals surface area contributed by atoms with E-state index in [0.29, 0.717) is 42.7 Å². The van der Waals surface area contributed by atoms with E-state index in [2.05, 4.69) is 10.3 Å². The van der Waals surface area contributed by atoms with Crippen LogP contribution in [0.1, 0.15) is 82.3 Å². The van der Waals surface area contributed by atoms with E-state index in [1.54, 1.807) is 39.0 Å². The first kappa shape index (κ1) is 24.5. The largest absolute Gasteiger partial charge is 0.493 e. The van der Waals surface area contributed by atoms with Gasteiger partial charge in [-0.1, -0.05) is 13.8 Å². The molecule has 0 aliphatic carbocycles. The van der Waals surface area contributed by atoms with Crippen LogP contribution >= 0.6 is 0 Å². The van der Waals surface area contributed by atoms with Gasteiger partial charge in [0.1, 0.15) is 11.4 Å². The van der Waals surface area contributed by atoms with Crippen LogP contribution in [0.2, 0.25) is 0 Å². The van der Waals surface area contributed by atoms with Gasteiger partial charge >= 0.3 is 12.1 Å². The van der Waals surface area contributed by atoms with Gasteiger partial charge in [0.05, 0.1) is 31.7 Å². The molecule has 0 bridgehead atoms. The summed E-state index contributed by atoms with van der Waals surface area (Å²) in [5, 5.41) is 3.36. The Balaban J connectivity index is 2.07. The van der Waals surface area contributed by atoms with Gasteiger partial charge in [-0.25, -0.2) is 9.59 Å². The number of guanidine groups is 1. The van der Waals surface area contributed by atoms with Gasteiger partial charge in [-0.05, 0) is 51.8 Å². The third-order valence-electron chi connectivity index (χ3n) is 6.06. The normalized spacial score (nSPS) is 21.0. The van der Waals surface area contributed by atoms with Crippen LogP contribution in [-0.4, -0.2) is 53.7 Å². The van der Waals surface area contributed by atoms with Gasteiger partial charge in [0, 0.05) is 17.5 Å². The number of esters is 1. The molecule has 2 heterocycles. The lowest BCUT2D eigenvalue weighted by Crippen LogP contribution is -2.63. The van der Waals surface area contributed by atoms with Crippen LogP contribution in [0.5, 0.6) is 5.75 Å². The van der Waals surface area contributed by atoms with Gasteiger partial charge in [-0.2, -0.15) is 0 Å². The predicted molar refractivity (Wildman–Crippen MR) is 122 cm³/mol. The van der Waals surface area contributed by atoms with Gasteiger partial charge in [0.2, 0.25) is 11.9 Å². The summed E-state index contributed by atoms with van der Waals surface area (Å²) in [5.41, 5.74) is -0.211. The predicted octanol–water partition coefficient (Wildman–Crippen LogP) is 3.97. The topological polar surface area (TPSA) is 107 Å². The zero-order valence-electron chi connectivity index (χ0n) is 20.2. The summed E-state index contributed by atoms with van der Waals surface area (Å²) in [5.74, 6) is 0.0987. The van der Waals surface area contributed by atoms with Crippen LogP contribution in [0.25, 0.3) is 0 Å². The number of carbonyl (C=O) groups excluding carboxylic acids is 3. The quantitative estimate of drug-likeness (QED) is 0.679. The number of hydrogen-bond donors (Lipinski definition) is 1. The highest BCUT2D eigenvalue weighted by atomic mass is 16.6. The number of fused-ring (bicyclic) bond motifs is 1. The van der Waals surface area contributed by atoms with Crippen LogP contribution in [0.4, 0.5) is 4.79 Å². The molecule has 1 N–H and O–H groups in total. The molecule has 33 heavy (non-hydrogen) atoms. The van der Waals surface area contributed by atoms with E-state index in [1.807, 2.05) is 13.8 Å². The lowest BCUT2D eigenvalue weighted by molar-refractivity contribution is -0.133. The van der Waals surface area contributed by atoms with Crippen molar-refractivity contribution < 1.29 is 28.6 Å². The standard InChI is InChI=1S/C24H33N3O6/c1-7-24(8-2)14-19(28)27(21(26-24)25-22(30)33-23(3,4)5)17-11-12-32-18-10-9-15(13-16(17)18)20(29)31-6/h9-10,13,17H,7-8,11-12,14H2,1-6H3,(H,25,26,30). The summed E-state index contributed by atoms with van der Waals surface area (Å²) in [6.07, 6.45) is 1.34. The maximum Gasteiger partial charge on any atom is 0.437 e. The van der Waals surface area contributed by atoms with Crippen molar-refractivity contribution in [2.75, 3.05) is 13.7 Å². The maximum atomic E-state index is 13.5. The second kappa shape index (κ2) is 9.41. The van der Waals surface area contributed by atoms with Crippen LogP contribution in [0.3, 0.4) is 0 Å². The average Bonchev–Trinajstić information content (AvgIpc) is 2.76. The van der Waals surface area contributed by atoms with E-state index in [-0.39, 0.29) is 18.3 Å². The fraction of sp³-hybridized carbons (Fsp3) is 0.583. The molecular weight excluding hydrogens is 426 g/mol. The van der Waals surface area contributed by atoms with Crippen molar-refractivity contribution in [3.63, 3.8) is 0 Å². The minimum absolute atomic E-state index is 0.152. The number of aliphatic imine (C=N–C) groups is 1. The maximum absolute atomic E-state index is 13.5. The van der Waals surface area contributed by atoms with Crippen LogP contribution in [0.15, 0.2) is 23.2 Å². The molecule has 180 valence electrons. The molecule has 2 amide bonds. The lowest BCUT2D eigenvalue weighted by atomic mass is 9.85. The van der Waals surface area contributed by atoms with Crippen LogP contribution < -0.4 is 10.1 Å². The molecule has 1 atom stereocenters. The third kappa shape index (κ3) is 5.29. The van der Waals surface area contributed by atoms with Crippen molar-refractivity contribution in [1.29, 1.82) is 0 Å². The molecule has 9 heteroatoms. The molecule has 2 aliphatic rings. The Labute approximate surface area is 194 Å². The average molecular weight is 460 g/mol. The number of hydrogen-bond acceptors (Lipinski definition) is 6. The summed E-state index contributed by atoms with van der Waals surface area (Å²) >= 11 is 0. The smallest absolute Gasteiger partial charge is 0.437 e. The Hall–Kier alpha value is -3.10. The number of methoxy groups -OCH3 is 1. The second-order valence-electron chi connectivity index (χ2n) is 9.37. The number of nitrogens with one attached hydrogen (secondary N) is 1. The number of rotatable bonds is 4. The minimum Gasteiger partial charge on any atom is -0.493 e. The van der Waals surface area contributed by atoms with E-state index >= 15 is 0 Å². The molecule has 9 nitrogen and oxygen atoms in total. The Morgan fingerprint density at radius 1 is 1.27 bits per heavy atom. The molecule has 3 rings (SSSR count). The van der Waals surface area contributed by atoms with Crippen molar-refractivity contribution in [3.8, 4) is 5.75 Å². The number of carbonyl (C=O) groups is 3. The van der Waals surface area contributed by atoms with Gasteiger partial charge in [0.15, 0.2) is 0 Å². The van der Waals surface area contributed by atoms with Crippen LogP contribution in [0, 0.1) is 0 Å². The van der Waals surface area contributed by atoms with E-state index in [9.17, 15) is 14.4 Å². The number of nitrogens with zero attached hydrogens (tertiary/aromatic N) is 2. The molecular formula is C24H33N3O6. The molecule has 0 spiro atoms. The Morgan fingerprint density at radius 3 is 2.58 bits per heavy atom. The Bertz CT molecular complexity index is 961. The van der Waals surface area contributed by atoms with E-state index in [0.717, 1.165) is 0 Å². The molecule has 0 radical (unpaired) electrons. The monoisotopic (exact) mass is 459 g/mol. The van der Waals surface area contributed by atoms with Crippen LogP contribution in [-0.2, 0) is 14.3 Å². The fourth-order valence-electron chi connectivity index (χ4n) is 4.17. The molecule has 2 aliphatic heterocycles. The van der Waals surface area contributed by atoms with Crippen molar-refractivity contribution >= 4 is 23.9 Å². The zero-order valence-corrected chi connectivity index (χ0v) is 20.2. The summed E-state index contributed by atoms with van der Waals surface area (Å²) in [6.45, 7) is 9.65. The van der Waals surface area contributed by atoms with Crippen molar-refractivity contribution in [2.45, 2.75) is 77.5 Å². The summed E-state index contributed by atoms with van der Waals surface area (Å²) in [6, 6.07) is 4.53. The molecule has 1 saturated heterocycles. The van der Waals surface area contributed by atoms with Gasteiger partial charge < -0.3 is 19.5 Å². The molecule has 1 aromatic carbocycles. The first-order valence-corrected chi connectivity index (χ1v) is 11.3. The second-order valence-corrected chi connectivity index (χ2v) is 9.37. The Kier molecular flexibility index (Phi) is 7.00. The van der Waals surface area contributed by atoms with Crippen molar-refractivity contribution in [2.24, 2.45) is 4.99 Å². The van der Waals surface area contributed by atoms with Gasteiger partial charge in [-0.15, -0.1) is 4.99 Å². The van der Waals surface area contributed by atoms with Gasteiger partial charge in [0.25, 0.3) is 0 Å². The first-order valence-electron chi connectivity index (χ1n) is 11.3. The summed E-state index contributed by atoms with van der Waals surface area (Å²) < 4.78 is 16.0. The molecule has 1 unspecified atom stereocenters. The highest BCUT2D eigenvalue weighted by Gasteiger charge is 2.44. The van der Waals surface area contributed by atoms with E-state index < -0.39 is 29.2 Å². The SMILES string of the molecule is CCC1(CC)CC(=O)N(C2CCOc3ccc(C(=O)OC)cc32)/C(=N/C(=O)OC(C)(C)C)N1. The van der Waals surface area contributed by atoms with Gasteiger partial charge in [-0.3, -0.25) is 9.69 Å². The van der Waals surface area contributed by atoms with Crippen molar-refractivity contribution in [3.05, 3.63) is 29.3 Å². The third-order valence-corrected chi connectivity index (χ3v) is 6.06. The Morgan fingerprint density at radius 2 is 1.97 bits per heavy atom. The number of ether oxygens (including phenoxy) is 3. The zero-order chi connectivity index (χ0) is 24.4. The molecule has 1 fully saturated rings. The molecule has 1 aromatic rings. The highest BCUT2D eigenvalue weighted by Crippen LogP contribution is 2.39. The highest BCUT2D eigenvalue weighted by molar-refractivity contribution is 6.04. The molecule has 0 aromatic heterocycles. The summed E-state index contributed by atoms with van der Waals surface area (Å²) in [7, 11) is 1.31. The van der Waals surface area contributed by atoms with E-state index in [1.165, 1.54) is 12.0 Å². The number of amides is 2. The number of benzene rings is 1.